The van der Waals surface area contributed by atoms with E-state index >= 15 is 0 Å². The predicted octanol–water partition coefficient (Wildman–Crippen LogP) is 2.64. The van der Waals surface area contributed by atoms with Crippen LogP contribution in [0.15, 0.2) is 30.3 Å². The van der Waals surface area contributed by atoms with E-state index in [9.17, 15) is 4.79 Å². The topological polar surface area (TPSA) is 55.6 Å². The van der Waals surface area contributed by atoms with Crippen molar-refractivity contribution in [2.45, 2.75) is 51.8 Å². The minimum absolute atomic E-state index is 0. The van der Waals surface area contributed by atoms with Crippen LogP contribution >= 0.6 is 12.4 Å². The number of likely N-dealkylation sites (N-methyl/N-ethyl adjacent to an activating group) is 1. The van der Waals surface area contributed by atoms with Crippen LogP contribution in [0.4, 0.5) is 0 Å². The van der Waals surface area contributed by atoms with Gasteiger partial charge in [0.1, 0.15) is 0 Å². The van der Waals surface area contributed by atoms with Crippen molar-refractivity contribution in [1.82, 2.24) is 4.90 Å². The number of nitrogens with zero attached hydrogens (tertiary/aromatic N) is 1. The minimum atomic E-state index is -0.491. The van der Waals surface area contributed by atoms with E-state index in [1.54, 1.807) is 0 Å². The Labute approximate surface area is 145 Å². The molecule has 1 aromatic rings. The summed E-state index contributed by atoms with van der Waals surface area (Å²) in [4.78, 5) is 14.4. The summed E-state index contributed by atoms with van der Waals surface area (Å²) < 4.78 is 5.74. The van der Waals surface area contributed by atoms with Gasteiger partial charge in [0.2, 0.25) is 5.91 Å². The lowest BCUT2D eigenvalue weighted by atomic mass is 9.63. The van der Waals surface area contributed by atoms with Crippen molar-refractivity contribution in [3.63, 3.8) is 0 Å². The van der Waals surface area contributed by atoms with E-state index in [2.05, 4.69) is 13.8 Å². The third kappa shape index (κ3) is 4.25. The molecule has 3 atom stereocenters. The SMILES string of the molecule is CCOC1CC(N(C)C(=O)[C@@H](N)Cc2ccccc2)C1(C)C.Cl. The lowest BCUT2D eigenvalue weighted by Gasteiger charge is -2.55. The van der Waals surface area contributed by atoms with Gasteiger partial charge in [-0.1, -0.05) is 44.2 Å². The number of benzene rings is 1. The van der Waals surface area contributed by atoms with Crippen molar-refractivity contribution in [2.24, 2.45) is 11.1 Å². The highest BCUT2D eigenvalue weighted by molar-refractivity contribution is 5.85. The predicted molar refractivity (Wildman–Crippen MR) is 95.7 cm³/mol. The molecule has 1 aliphatic carbocycles. The molecular weight excluding hydrogens is 312 g/mol. The Morgan fingerprint density at radius 2 is 2.00 bits per heavy atom. The van der Waals surface area contributed by atoms with Crippen LogP contribution in [0.2, 0.25) is 0 Å². The number of carbonyl (C=O) groups is 1. The number of hydrogen-bond donors (Lipinski definition) is 1. The van der Waals surface area contributed by atoms with Crippen LogP contribution in [-0.2, 0) is 16.0 Å². The van der Waals surface area contributed by atoms with Gasteiger partial charge in [-0.3, -0.25) is 4.79 Å². The summed E-state index contributed by atoms with van der Waals surface area (Å²) in [5.41, 5.74) is 7.20. The number of nitrogens with two attached hydrogens (primary N) is 1. The molecule has 130 valence electrons. The fourth-order valence-electron chi connectivity index (χ4n) is 3.38. The largest absolute Gasteiger partial charge is 0.378 e. The second-order valence-electron chi connectivity index (χ2n) is 6.76. The zero-order valence-electron chi connectivity index (χ0n) is 14.5. The standard InChI is InChI=1S/C18H28N2O2.ClH/c1-5-22-16-12-15(18(16,2)3)20(4)17(21)14(19)11-13-9-7-6-8-10-13;/h6-10,14-16H,5,11-12,19H2,1-4H3;1H/t14-,15?,16?;/m0./s1. The highest BCUT2D eigenvalue weighted by Crippen LogP contribution is 2.45. The van der Waals surface area contributed by atoms with Crippen LogP contribution in [0.3, 0.4) is 0 Å². The Bertz CT molecular complexity index is 507. The van der Waals surface area contributed by atoms with Crippen molar-refractivity contribution in [3.05, 3.63) is 35.9 Å². The van der Waals surface area contributed by atoms with E-state index in [4.69, 9.17) is 10.5 Å². The summed E-state index contributed by atoms with van der Waals surface area (Å²) >= 11 is 0. The number of hydrogen-bond acceptors (Lipinski definition) is 3. The van der Waals surface area contributed by atoms with Gasteiger partial charge in [-0.25, -0.2) is 0 Å². The van der Waals surface area contributed by atoms with Crippen molar-refractivity contribution >= 4 is 18.3 Å². The summed E-state index contributed by atoms with van der Waals surface area (Å²) in [5.74, 6) is 0.0110. The van der Waals surface area contributed by atoms with Gasteiger partial charge in [0.05, 0.1) is 12.1 Å². The third-order valence-corrected chi connectivity index (χ3v) is 4.92. The number of carbonyl (C=O) groups excluding carboxylic acids is 1. The molecule has 1 aliphatic rings. The smallest absolute Gasteiger partial charge is 0.239 e. The van der Waals surface area contributed by atoms with Gasteiger partial charge in [0.25, 0.3) is 0 Å². The lowest BCUT2D eigenvalue weighted by Crippen LogP contribution is -2.64. The van der Waals surface area contributed by atoms with Gasteiger partial charge in [-0.15, -0.1) is 12.4 Å². The van der Waals surface area contributed by atoms with Gasteiger partial charge in [0.15, 0.2) is 0 Å². The minimum Gasteiger partial charge on any atom is -0.378 e. The molecule has 5 heteroatoms. The van der Waals surface area contributed by atoms with Crippen molar-refractivity contribution in [3.8, 4) is 0 Å². The summed E-state index contributed by atoms with van der Waals surface area (Å²) in [5, 5.41) is 0. The van der Waals surface area contributed by atoms with Crippen LogP contribution in [-0.4, -0.2) is 42.6 Å². The Morgan fingerprint density at radius 3 is 2.52 bits per heavy atom. The summed E-state index contributed by atoms with van der Waals surface area (Å²) in [7, 11) is 1.86. The number of halogens is 1. The van der Waals surface area contributed by atoms with E-state index < -0.39 is 6.04 Å². The molecule has 1 amide bonds. The second-order valence-corrected chi connectivity index (χ2v) is 6.76. The van der Waals surface area contributed by atoms with E-state index in [0.717, 1.165) is 12.0 Å². The molecule has 1 aromatic carbocycles. The fraction of sp³-hybridized carbons (Fsp3) is 0.611. The van der Waals surface area contributed by atoms with Crippen LogP contribution in [0.5, 0.6) is 0 Å². The first kappa shape index (κ1) is 19.9. The molecule has 1 saturated carbocycles. The molecule has 0 aliphatic heterocycles. The zero-order valence-corrected chi connectivity index (χ0v) is 15.3. The third-order valence-electron chi connectivity index (χ3n) is 4.92. The Balaban J connectivity index is 0.00000264. The molecule has 2 unspecified atom stereocenters. The molecule has 0 spiro atoms. The molecule has 2 rings (SSSR count). The average molecular weight is 341 g/mol. The molecule has 0 aromatic heterocycles. The Kier molecular flexibility index (Phi) is 7.05. The van der Waals surface area contributed by atoms with E-state index in [-0.39, 0.29) is 35.9 Å². The van der Waals surface area contributed by atoms with Crippen LogP contribution < -0.4 is 5.73 Å². The molecular formula is C18H29ClN2O2. The number of amides is 1. The Morgan fingerprint density at radius 1 is 1.39 bits per heavy atom. The maximum absolute atomic E-state index is 12.6. The molecule has 0 saturated heterocycles. The lowest BCUT2D eigenvalue weighted by molar-refractivity contribution is -0.164. The molecule has 23 heavy (non-hydrogen) atoms. The van der Waals surface area contributed by atoms with Gasteiger partial charge < -0.3 is 15.4 Å². The zero-order chi connectivity index (χ0) is 16.3. The van der Waals surface area contributed by atoms with Gasteiger partial charge in [-0.05, 0) is 25.3 Å². The molecule has 0 heterocycles. The highest BCUT2D eigenvalue weighted by atomic mass is 35.5. The maximum Gasteiger partial charge on any atom is 0.239 e. The number of ether oxygens (including phenoxy) is 1. The normalized spacial score (nSPS) is 23.3. The highest BCUT2D eigenvalue weighted by Gasteiger charge is 2.52. The summed E-state index contributed by atoms with van der Waals surface area (Å²) in [6.45, 7) is 7.04. The van der Waals surface area contributed by atoms with Crippen molar-refractivity contribution in [1.29, 1.82) is 0 Å². The number of rotatable bonds is 6. The monoisotopic (exact) mass is 340 g/mol. The Hall–Kier alpha value is -1.10. The molecule has 1 fully saturated rings. The molecule has 4 nitrogen and oxygen atoms in total. The van der Waals surface area contributed by atoms with Crippen molar-refractivity contribution < 1.29 is 9.53 Å². The van der Waals surface area contributed by atoms with E-state index in [1.165, 1.54) is 0 Å². The first-order valence-electron chi connectivity index (χ1n) is 8.05. The fourth-order valence-corrected chi connectivity index (χ4v) is 3.38. The van der Waals surface area contributed by atoms with Gasteiger partial charge >= 0.3 is 0 Å². The first-order valence-corrected chi connectivity index (χ1v) is 8.05. The average Bonchev–Trinajstić information content (AvgIpc) is 2.50. The molecule has 0 radical (unpaired) electrons. The first-order chi connectivity index (χ1) is 10.4. The van der Waals surface area contributed by atoms with E-state index in [0.29, 0.717) is 13.0 Å². The summed E-state index contributed by atoms with van der Waals surface area (Å²) in [6.07, 6.45) is 1.69. The summed E-state index contributed by atoms with van der Waals surface area (Å²) in [6, 6.07) is 9.62. The quantitative estimate of drug-likeness (QED) is 0.866. The van der Waals surface area contributed by atoms with Crippen LogP contribution in [0.25, 0.3) is 0 Å². The van der Waals surface area contributed by atoms with Crippen LogP contribution in [0.1, 0.15) is 32.8 Å². The molecule has 2 N–H and O–H groups in total. The van der Waals surface area contributed by atoms with Gasteiger partial charge in [0, 0.05) is 25.1 Å². The van der Waals surface area contributed by atoms with E-state index in [1.807, 2.05) is 49.2 Å². The maximum atomic E-state index is 12.6. The van der Waals surface area contributed by atoms with Crippen molar-refractivity contribution in [2.75, 3.05) is 13.7 Å². The molecule has 0 bridgehead atoms. The van der Waals surface area contributed by atoms with Gasteiger partial charge in [-0.2, -0.15) is 0 Å². The second kappa shape index (κ2) is 8.13. The van der Waals surface area contributed by atoms with Crippen LogP contribution in [0, 0.1) is 5.41 Å².